The highest BCUT2D eigenvalue weighted by Crippen LogP contribution is 2.15. The maximum absolute atomic E-state index is 12.5. The van der Waals surface area contributed by atoms with Crippen molar-refractivity contribution in [1.82, 2.24) is 20.9 Å². The van der Waals surface area contributed by atoms with Gasteiger partial charge in [-0.1, -0.05) is 36.4 Å². The molecule has 13 nitrogen and oxygen atoms in total. The highest BCUT2D eigenvalue weighted by molar-refractivity contribution is 5.92. The minimum absolute atomic E-state index is 0.303. The van der Waals surface area contributed by atoms with E-state index in [4.69, 9.17) is 14.2 Å². The van der Waals surface area contributed by atoms with Gasteiger partial charge in [-0.05, 0) is 71.3 Å². The molecule has 0 radical (unpaired) electrons. The Morgan fingerprint density at radius 2 is 0.712 bits per heavy atom. The predicted octanol–water partition coefficient (Wildman–Crippen LogP) is 3.55. The number of hydrogen-bond acceptors (Lipinski definition) is 10. The molecule has 272 valence electrons. The van der Waals surface area contributed by atoms with Crippen LogP contribution in [0.1, 0.15) is 37.5 Å². The number of carbonyl (C=O) groups is 6. The average Bonchev–Trinajstić information content (AvgIpc) is 3.10. The van der Waals surface area contributed by atoms with Crippen molar-refractivity contribution in [3.63, 3.8) is 0 Å². The fourth-order valence-corrected chi connectivity index (χ4v) is 4.48. The molecule has 0 fully saturated rings. The van der Waals surface area contributed by atoms with Crippen LogP contribution in [0.5, 0.6) is 17.2 Å². The normalized spacial score (nSPS) is 11.1. The van der Waals surface area contributed by atoms with Crippen molar-refractivity contribution in [2.45, 2.75) is 20.8 Å². The molecule has 3 rings (SSSR count). The van der Waals surface area contributed by atoms with Gasteiger partial charge in [0.1, 0.15) is 17.2 Å². The maximum Gasteiger partial charge on any atom is 0.308 e. The largest absolute Gasteiger partial charge is 0.427 e. The van der Waals surface area contributed by atoms with Crippen LogP contribution in [0.25, 0.3) is 18.2 Å². The number of carbonyl (C=O) groups excluding carboxylic acids is 6. The molecule has 0 heterocycles. The Morgan fingerprint density at radius 3 is 0.942 bits per heavy atom. The zero-order chi connectivity index (χ0) is 37.7. The average molecular weight is 711 g/mol. The zero-order valence-electron chi connectivity index (χ0n) is 29.3. The van der Waals surface area contributed by atoms with Crippen molar-refractivity contribution in [1.29, 1.82) is 0 Å². The standard InChI is InChI=1S/C39H42N4O9/c1-28(44)50-34-13-4-31(5-14-34)10-19-37(47)40-22-25-43(26-23-41-38(48)20-11-32-6-15-35(16-7-32)51-29(2)45)27-24-42-39(49)21-12-33-8-17-36(18-9-33)52-30(3)46/h4-21H,22-27H2,1-3H3,(H,40,47)(H,41,48)(H,42,49)/b19-10+,20-11+,21-12+. The third-order valence-electron chi connectivity index (χ3n) is 6.89. The Bertz CT molecular complexity index is 1560. The fourth-order valence-electron chi connectivity index (χ4n) is 4.48. The predicted molar refractivity (Wildman–Crippen MR) is 196 cm³/mol. The molecular weight excluding hydrogens is 668 g/mol. The highest BCUT2D eigenvalue weighted by Gasteiger charge is 2.08. The summed E-state index contributed by atoms with van der Waals surface area (Å²) in [7, 11) is 0. The number of nitrogens with one attached hydrogen (secondary N) is 3. The summed E-state index contributed by atoms with van der Waals surface area (Å²) in [5.74, 6) is -0.935. The topological polar surface area (TPSA) is 169 Å². The molecule has 0 atom stereocenters. The molecule has 0 unspecified atom stereocenters. The zero-order valence-corrected chi connectivity index (χ0v) is 29.3. The summed E-state index contributed by atoms with van der Waals surface area (Å²) in [5, 5.41) is 8.51. The van der Waals surface area contributed by atoms with Crippen LogP contribution in [-0.2, 0) is 28.8 Å². The Morgan fingerprint density at radius 1 is 0.462 bits per heavy atom. The molecule has 0 aliphatic heterocycles. The summed E-state index contributed by atoms with van der Waals surface area (Å²) in [6.07, 6.45) is 9.12. The van der Waals surface area contributed by atoms with Gasteiger partial charge in [-0.15, -0.1) is 0 Å². The molecule has 0 aromatic heterocycles. The van der Waals surface area contributed by atoms with Crippen molar-refractivity contribution in [3.8, 4) is 17.2 Å². The molecule has 3 amide bonds. The molecule has 0 aliphatic rings. The summed E-state index contributed by atoms with van der Waals surface area (Å²) < 4.78 is 15.0. The van der Waals surface area contributed by atoms with Crippen LogP contribution in [0, 0.1) is 0 Å². The van der Waals surface area contributed by atoms with E-state index in [0.29, 0.717) is 56.5 Å². The van der Waals surface area contributed by atoms with Crippen LogP contribution in [0.4, 0.5) is 0 Å². The number of esters is 3. The van der Waals surface area contributed by atoms with Gasteiger partial charge >= 0.3 is 17.9 Å². The van der Waals surface area contributed by atoms with Crippen molar-refractivity contribution in [2.75, 3.05) is 39.3 Å². The lowest BCUT2D eigenvalue weighted by Gasteiger charge is -2.22. The van der Waals surface area contributed by atoms with E-state index in [0.717, 1.165) is 16.7 Å². The Kier molecular flexibility index (Phi) is 16.7. The van der Waals surface area contributed by atoms with E-state index in [1.165, 1.54) is 39.0 Å². The lowest BCUT2D eigenvalue weighted by Crippen LogP contribution is -2.42. The first-order chi connectivity index (χ1) is 24.9. The monoisotopic (exact) mass is 710 g/mol. The number of amides is 3. The summed E-state index contributed by atoms with van der Waals surface area (Å²) >= 11 is 0. The first-order valence-corrected chi connectivity index (χ1v) is 16.4. The van der Waals surface area contributed by atoms with Gasteiger partial charge in [0, 0.05) is 78.3 Å². The Balaban J connectivity index is 1.50. The molecule has 0 spiro atoms. The Hall–Kier alpha value is -6.34. The molecule has 0 saturated carbocycles. The fraction of sp³-hybridized carbons (Fsp3) is 0.231. The third kappa shape index (κ3) is 16.9. The maximum atomic E-state index is 12.5. The highest BCUT2D eigenvalue weighted by atomic mass is 16.5. The second kappa shape index (κ2) is 21.7. The van der Waals surface area contributed by atoms with Gasteiger partial charge in [0.05, 0.1) is 0 Å². The quantitative estimate of drug-likeness (QED) is 0.101. The van der Waals surface area contributed by atoms with Crippen molar-refractivity contribution in [3.05, 3.63) is 108 Å². The molecule has 13 heteroatoms. The van der Waals surface area contributed by atoms with Crippen molar-refractivity contribution < 1.29 is 43.0 Å². The lowest BCUT2D eigenvalue weighted by molar-refractivity contribution is -0.132. The first kappa shape index (κ1) is 40.1. The van der Waals surface area contributed by atoms with E-state index < -0.39 is 17.9 Å². The summed E-state index contributed by atoms with van der Waals surface area (Å²) in [4.78, 5) is 72.7. The minimum Gasteiger partial charge on any atom is -0.427 e. The van der Waals surface area contributed by atoms with Crippen molar-refractivity contribution >= 4 is 53.9 Å². The van der Waals surface area contributed by atoms with Gasteiger partial charge in [0.25, 0.3) is 0 Å². The van der Waals surface area contributed by atoms with Gasteiger partial charge in [-0.3, -0.25) is 33.7 Å². The summed E-state index contributed by atoms with van der Waals surface area (Å²) in [6, 6.07) is 20.1. The Labute approximate surface area is 302 Å². The van der Waals surface area contributed by atoms with Crippen molar-refractivity contribution in [2.24, 2.45) is 0 Å². The van der Waals surface area contributed by atoms with E-state index in [-0.39, 0.29) is 17.7 Å². The molecule has 0 aliphatic carbocycles. The van der Waals surface area contributed by atoms with E-state index in [9.17, 15) is 28.8 Å². The number of benzene rings is 3. The second-order valence-electron chi connectivity index (χ2n) is 11.2. The SMILES string of the molecule is CC(=O)Oc1ccc(/C=C/C(=O)NCCN(CCNC(=O)/C=C/c2ccc(OC(C)=O)cc2)CCNC(=O)/C=C/c2ccc(OC(C)=O)cc2)cc1. The summed E-state index contributed by atoms with van der Waals surface area (Å²) in [5.41, 5.74) is 2.25. The third-order valence-corrected chi connectivity index (χ3v) is 6.89. The van der Waals surface area contributed by atoms with Gasteiger partial charge < -0.3 is 30.2 Å². The van der Waals surface area contributed by atoms with Crippen LogP contribution in [-0.4, -0.2) is 79.8 Å². The van der Waals surface area contributed by atoms with Crippen LogP contribution in [0.15, 0.2) is 91.0 Å². The van der Waals surface area contributed by atoms with Gasteiger partial charge in [0.2, 0.25) is 17.7 Å². The van der Waals surface area contributed by atoms with E-state index in [1.54, 1.807) is 91.0 Å². The minimum atomic E-state index is -0.419. The summed E-state index contributed by atoms with van der Waals surface area (Å²) in [6.45, 7) is 6.20. The molecule has 52 heavy (non-hydrogen) atoms. The van der Waals surface area contributed by atoms with Crippen LogP contribution >= 0.6 is 0 Å². The molecule has 3 aromatic rings. The molecule has 0 saturated heterocycles. The first-order valence-electron chi connectivity index (χ1n) is 16.4. The van der Waals surface area contributed by atoms with Crippen LogP contribution < -0.4 is 30.2 Å². The van der Waals surface area contributed by atoms with Crippen LogP contribution in [0.2, 0.25) is 0 Å². The molecular formula is C39H42N4O9. The van der Waals surface area contributed by atoms with Gasteiger partial charge in [0.15, 0.2) is 0 Å². The van der Waals surface area contributed by atoms with Crippen LogP contribution in [0.3, 0.4) is 0 Å². The van der Waals surface area contributed by atoms with Gasteiger partial charge in [-0.25, -0.2) is 0 Å². The van der Waals surface area contributed by atoms with E-state index in [2.05, 4.69) is 16.0 Å². The van der Waals surface area contributed by atoms with E-state index >= 15 is 0 Å². The molecule has 3 aromatic carbocycles. The lowest BCUT2D eigenvalue weighted by atomic mass is 10.2. The number of ether oxygens (including phenoxy) is 3. The van der Waals surface area contributed by atoms with E-state index in [1.807, 2.05) is 4.90 Å². The number of nitrogens with zero attached hydrogens (tertiary/aromatic N) is 1. The number of rotatable bonds is 18. The second-order valence-corrected chi connectivity index (χ2v) is 11.2. The molecule has 0 bridgehead atoms. The van der Waals surface area contributed by atoms with Gasteiger partial charge in [-0.2, -0.15) is 0 Å². The number of hydrogen-bond donors (Lipinski definition) is 3. The smallest absolute Gasteiger partial charge is 0.308 e. The molecule has 3 N–H and O–H groups in total.